The zero-order valence-corrected chi connectivity index (χ0v) is 3.85. The monoisotopic (exact) mass is 108 g/mol. The van der Waals surface area contributed by atoms with Crippen LogP contribution in [0.4, 0.5) is 0 Å². The minimum absolute atomic E-state index is 0.156. The van der Waals surface area contributed by atoms with Crippen molar-refractivity contribution in [2.24, 2.45) is 0 Å². The van der Waals surface area contributed by atoms with E-state index >= 15 is 0 Å². The number of halogens is 1. The first-order valence-corrected chi connectivity index (χ1v) is 1.87. The molecule has 0 aliphatic rings. The van der Waals surface area contributed by atoms with Crippen LogP contribution in [-0.2, 0) is 4.89 Å². The lowest BCUT2D eigenvalue weighted by Gasteiger charge is -1.78. The van der Waals surface area contributed by atoms with Gasteiger partial charge in [0.25, 0.3) is 0 Å². The minimum Gasteiger partial charge on any atom is -0.252 e. The Hall–Kier alpha value is -0.0500. The van der Waals surface area contributed by atoms with E-state index in [0.717, 1.165) is 0 Å². The predicted molar refractivity (Wildman–Crippen MR) is 23.6 cm³/mol. The third-order valence-electron chi connectivity index (χ3n) is 0.260. The fraction of sp³-hybridized carbons (Fsp3) is 0.333. The first-order chi connectivity index (χ1) is 2.91. The van der Waals surface area contributed by atoms with Crippen molar-refractivity contribution in [2.45, 2.75) is 0 Å². The molecule has 0 aromatic rings. The van der Waals surface area contributed by atoms with E-state index in [1.54, 1.807) is 0 Å². The van der Waals surface area contributed by atoms with E-state index in [1.807, 2.05) is 0 Å². The molecule has 0 saturated carbocycles. The zero-order valence-electron chi connectivity index (χ0n) is 3.10. The highest BCUT2D eigenvalue weighted by molar-refractivity contribution is 6.25. The van der Waals surface area contributed by atoms with Gasteiger partial charge in [0.2, 0.25) is 0 Å². The molecule has 0 aliphatic heterocycles. The summed E-state index contributed by atoms with van der Waals surface area (Å²) in [6.45, 7) is 0.156. The van der Waals surface area contributed by atoms with Crippen molar-refractivity contribution in [1.82, 2.24) is 0 Å². The van der Waals surface area contributed by atoms with Gasteiger partial charge in [0.15, 0.2) is 0 Å². The molecule has 6 heavy (non-hydrogen) atoms. The third kappa shape index (κ3) is 3.95. The summed E-state index contributed by atoms with van der Waals surface area (Å²) in [6.07, 6.45) is 1.47. The Labute approximate surface area is 40.9 Å². The molecule has 0 aromatic heterocycles. The maximum atomic E-state index is 7.59. The van der Waals surface area contributed by atoms with Crippen LogP contribution in [0.25, 0.3) is 0 Å². The molecule has 0 unspecified atom stereocenters. The SMILES string of the molecule is OOCC=CCl. The van der Waals surface area contributed by atoms with Gasteiger partial charge in [0.1, 0.15) is 6.61 Å². The van der Waals surface area contributed by atoms with Crippen molar-refractivity contribution in [3.63, 3.8) is 0 Å². The second-order valence-corrected chi connectivity index (χ2v) is 0.909. The first kappa shape index (κ1) is 5.95. The fourth-order valence-corrected chi connectivity index (χ4v) is 0.152. The van der Waals surface area contributed by atoms with Gasteiger partial charge in [-0.2, -0.15) is 0 Å². The van der Waals surface area contributed by atoms with Crippen molar-refractivity contribution in [1.29, 1.82) is 0 Å². The molecular formula is C3H5ClO2. The van der Waals surface area contributed by atoms with E-state index in [4.69, 9.17) is 16.9 Å². The van der Waals surface area contributed by atoms with Crippen LogP contribution in [0.5, 0.6) is 0 Å². The highest BCUT2D eigenvalue weighted by atomic mass is 35.5. The van der Waals surface area contributed by atoms with Crippen LogP contribution < -0.4 is 0 Å². The molecule has 0 heterocycles. The average molecular weight is 109 g/mol. The first-order valence-electron chi connectivity index (χ1n) is 1.43. The summed E-state index contributed by atoms with van der Waals surface area (Å²) in [5, 5.41) is 7.59. The Morgan fingerprint density at radius 3 is 2.67 bits per heavy atom. The van der Waals surface area contributed by atoms with Crippen LogP contribution in [0.2, 0.25) is 0 Å². The fourth-order valence-electron chi connectivity index (χ4n) is 0.0794. The quantitative estimate of drug-likeness (QED) is 0.426. The van der Waals surface area contributed by atoms with Crippen LogP contribution >= 0.6 is 11.6 Å². The van der Waals surface area contributed by atoms with E-state index in [2.05, 4.69) is 4.89 Å². The Kier molecular flexibility index (Phi) is 4.91. The number of rotatable bonds is 2. The standard InChI is InChI=1S/C3H5ClO2/c4-2-1-3-6-5/h1-2,5H,3H2. The summed E-state index contributed by atoms with van der Waals surface area (Å²) < 4.78 is 0. The molecule has 0 rings (SSSR count). The lowest BCUT2D eigenvalue weighted by molar-refractivity contribution is -0.231. The Balaban J connectivity index is 2.66. The summed E-state index contributed by atoms with van der Waals surface area (Å²) in [6, 6.07) is 0. The Morgan fingerprint density at radius 1 is 1.83 bits per heavy atom. The lowest BCUT2D eigenvalue weighted by atomic mass is 10.7. The van der Waals surface area contributed by atoms with Gasteiger partial charge in [0.05, 0.1) is 0 Å². The molecule has 2 nitrogen and oxygen atoms in total. The molecule has 0 amide bonds. The number of hydrogen-bond donors (Lipinski definition) is 1. The predicted octanol–water partition coefficient (Wildman–Crippen LogP) is 1.23. The second-order valence-electron chi connectivity index (χ2n) is 0.657. The highest BCUT2D eigenvalue weighted by Gasteiger charge is 1.65. The van der Waals surface area contributed by atoms with Gasteiger partial charge in [-0.3, -0.25) is 5.26 Å². The van der Waals surface area contributed by atoms with Crippen molar-refractivity contribution < 1.29 is 10.1 Å². The summed E-state index contributed by atoms with van der Waals surface area (Å²) in [5.41, 5.74) is 1.27. The Morgan fingerprint density at radius 2 is 2.50 bits per heavy atom. The van der Waals surface area contributed by atoms with E-state index < -0.39 is 0 Å². The van der Waals surface area contributed by atoms with Crippen molar-refractivity contribution in [2.75, 3.05) is 6.61 Å². The molecule has 1 N–H and O–H groups in total. The normalized spacial score (nSPS) is 10.3. The van der Waals surface area contributed by atoms with Gasteiger partial charge in [-0.15, -0.1) is 0 Å². The molecule has 0 atom stereocenters. The topological polar surface area (TPSA) is 29.5 Å². The van der Waals surface area contributed by atoms with Gasteiger partial charge in [-0.05, 0) is 6.08 Å². The van der Waals surface area contributed by atoms with Gasteiger partial charge in [-0.25, -0.2) is 4.89 Å². The average Bonchev–Trinajstić information content (AvgIpc) is 1.61. The van der Waals surface area contributed by atoms with Crippen molar-refractivity contribution in [3.05, 3.63) is 11.6 Å². The van der Waals surface area contributed by atoms with E-state index in [-0.39, 0.29) is 6.61 Å². The molecule has 3 heteroatoms. The van der Waals surface area contributed by atoms with Gasteiger partial charge in [0, 0.05) is 5.54 Å². The smallest absolute Gasteiger partial charge is 0.101 e. The number of hydrogen-bond acceptors (Lipinski definition) is 2. The van der Waals surface area contributed by atoms with E-state index in [9.17, 15) is 0 Å². The van der Waals surface area contributed by atoms with Crippen LogP contribution in [0, 0.1) is 0 Å². The molecular weight excluding hydrogens is 103 g/mol. The molecule has 0 spiro atoms. The summed E-state index contributed by atoms with van der Waals surface area (Å²) >= 11 is 5.01. The Bertz CT molecular complexity index is 44.1. The maximum absolute atomic E-state index is 7.59. The van der Waals surface area contributed by atoms with Gasteiger partial charge >= 0.3 is 0 Å². The largest absolute Gasteiger partial charge is 0.252 e. The third-order valence-corrected chi connectivity index (χ3v) is 0.438. The van der Waals surface area contributed by atoms with Crippen LogP contribution in [0.1, 0.15) is 0 Å². The highest BCUT2D eigenvalue weighted by Crippen LogP contribution is 1.75. The van der Waals surface area contributed by atoms with Crippen LogP contribution in [-0.4, -0.2) is 11.9 Å². The summed E-state index contributed by atoms with van der Waals surface area (Å²) in [4.78, 5) is 3.61. The zero-order chi connectivity index (χ0) is 4.83. The molecule has 0 bridgehead atoms. The molecule has 0 fully saturated rings. The van der Waals surface area contributed by atoms with Gasteiger partial charge < -0.3 is 0 Å². The van der Waals surface area contributed by atoms with Crippen molar-refractivity contribution >= 4 is 11.6 Å². The second kappa shape index (κ2) is 4.95. The molecule has 36 valence electrons. The van der Waals surface area contributed by atoms with Crippen molar-refractivity contribution in [3.8, 4) is 0 Å². The lowest BCUT2D eigenvalue weighted by Crippen LogP contribution is -1.78. The molecule has 0 aliphatic carbocycles. The molecule has 0 saturated heterocycles. The minimum atomic E-state index is 0.156. The summed E-state index contributed by atoms with van der Waals surface area (Å²) in [7, 11) is 0. The van der Waals surface area contributed by atoms with Gasteiger partial charge in [-0.1, -0.05) is 11.6 Å². The van der Waals surface area contributed by atoms with E-state index in [0.29, 0.717) is 0 Å². The van der Waals surface area contributed by atoms with Crippen LogP contribution in [0.3, 0.4) is 0 Å². The van der Waals surface area contributed by atoms with Crippen LogP contribution in [0.15, 0.2) is 11.6 Å². The summed E-state index contributed by atoms with van der Waals surface area (Å²) in [5.74, 6) is 0. The molecule has 0 aromatic carbocycles. The maximum Gasteiger partial charge on any atom is 0.101 e. The van der Waals surface area contributed by atoms with E-state index in [1.165, 1.54) is 11.6 Å². The molecule has 0 radical (unpaired) electrons.